The smallest absolute Gasteiger partial charge is 0.243 e. The van der Waals surface area contributed by atoms with Crippen LogP contribution in [0.15, 0.2) is 60.7 Å². The van der Waals surface area contributed by atoms with Crippen LogP contribution in [0.25, 0.3) is 0 Å². The summed E-state index contributed by atoms with van der Waals surface area (Å²) in [4.78, 5) is 23.2. The molecule has 2 aromatic carbocycles. The summed E-state index contributed by atoms with van der Waals surface area (Å²) in [5.41, 5.74) is 0. The van der Waals surface area contributed by atoms with Gasteiger partial charge in [0.2, 0.25) is 14.7 Å². The van der Waals surface area contributed by atoms with Crippen molar-refractivity contribution >= 4 is 25.3 Å². The number of nitrogens with zero attached hydrogens (tertiary/aromatic N) is 1. The zero-order valence-electron chi connectivity index (χ0n) is 15.4. The minimum absolute atomic E-state index is 0.0622. The summed E-state index contributed by atoms with van der Waals surface area (Å²) in [5, 5.41) is 0.775. The molecule has 0 aromatic heterocycles. The summed E-state index contributed by atoms with van der Waals surface area (Å²) in [6, 6.07) is 17.2. The van der Waals surface area contributed by atoms with E-state index in [1.54, 1.807) is 65.6 Å². The van der Waals surface area contributed by atoms with Gasteiger partial charge in [-0.25, -0.2) is 0 Å². The summed E-state index contributed by atoms with van der Waals surface area (Å²) in [6.45, 7) is 0. The Morgan fingerprint density at radius 2 is 1.15 bits per heavy atom. The first kappa shape index (κ1) is 20.5. The van der Waals surface area contributed by atoms with Crippen LogP contribution in [0.1, 0.15) is 32.1 Å². The normalized spacial score (nSPS) is 20.1. The molecule has 2 aromatic rings. The van der Waals surface area contributed by atoms with Crippen molar-refractivity contribution in [1.29, 1.82) is 0 Å². The highest BCUT2D eigenvalue weighted by atomic mass is 31.2. The van der Waals surface area contributed by atoms with E-state index in [1.165, 1.54) is 0 Å². The van der Waals surface area contributed by atoms with Gasteiger partial charge in [0.25, 0.3) is 0 Å². The molecule has 7 heteroatoms. The molecule has 0 bridgehead atoms. The fourth-order valence-electron chi connectivity index (χ4n) is 3.70. The molecule has 0 radical (unpaired) electrons. The standard InChI is InChI=1S/C20H27NO4P2/c22-26(23,19-12-6-2-7-13-19)16-21(18-10-4-1-5-11-18)17-27(24,25)20-14-8-3-9-15-20/h2-3,6-9,12-15,18H,1,4-5,10-11,16-17H2,(H,22,23)(H,24,25). The molecule has 1 aliphatic carbocycles. The van der Waals surface area contributed by atoms with Crippen LogP contribution < -0.4 is 10.6 Å². The van der Waals surface area contributed by atoms with Crippen molar-refractivity contribution in [3.8, 4) is 0 Å². The zero-order valence-corrected chi connectivity index (χ0v) is 17.1. The maximum Gasteiger partial charge on any atom is 0.243 e. The van der Waals surface area contributed by atoms with E-state index in [2.05, 4.69) is 0 Å². The van der Waals surface area contributed by atoms with E-state index in [1.807, 2.05) is 0 Å². The predicted octanol–water partition coefficient (Wildman–Crippen LogP) is 3.73. The Labute approximate surface area is 161 Å². The van der Waals surface area contributed by atoms with Crippen LogP contribution in [0, 0.1) is 0 Å². The zero-order chi connectivity index (χ0) is 19.3. The molecule has 0 amide bonds. The first-order valence-electron chi connectivity index (χ1n) is 9.37. The van der Waals surface area contributed by atoms with Gasteiger partial charge in [-0.3, -0.25) is 14.0 Å². The topological polar surface area (TPSA) is 77.8 Å². The lowest BCUT2D eigenvalue weighted by Gasteiger charge is -2.36. The molecule has 27 heavy (non-hydrogen) atoms. The lowest BCUT2D eigenvalue weighted by Crippen LogP contribution is -2.40. The van der Waals surface area contributed by atoms with E-state index in [0.29, 0.717) is 10.6 Å². The van der Waals surface area contributed by atoms with E-state index in [0.717, 1.165) is 32.1 Å². The maximum absolute atomic E-state index is 13.0. The second-order valence-corrected chi connectivity index (χ2v) is 11.6. The molecule has 0 saturated heterocycles. The Morgan fingerprint density at radius 3 is 1.56 bits per heavy atom. The minimum Gasteiger partial charge on any atom is -0.340 e. The van der Waals surface area contributed by atoms with Crippen LogP contribution in [0.2, 0.25) is 0 Å². The molecule has 3 rings (SSSR count). The highest BCUT2D eigenvalue weighted by Crippen LogP contribution is 2.46. The lowest BCUT2D eigenvalue weighted by atomic mass is 9.95. The summed E-state index contributed by atoms with van der Waals surface area (Å²) >= 11 is 0. The van der Waals surface area contributed by atoms with E-state index in [9.17, 15) is 18.9 Å². The van der Waals surface area contributed by atoms with Crippen molar-refractivity contribution in [2.45, 2.75) is 38.1 Å². The molecule has 2 N–H and O–H groups in total. The third-order valence-corrected chi connectivity index (χ3v) is 8.86. The van der Waals surface area contributed by atoms with Gasteiger partial charge in [0.15, 0.2) is 0 Å². The molecule has 1 aliphatic rings. The third kappa shape index (κ3) is 5.40. The molecule has 5 nitrogen and oxygen atoms in total. The molecule has 0 spiro atoms. The largest absolute Gasteiger partial charge is 0.340 e. The van der Waals surface area contributed by atoms with Crippen molar-refractivity contribution in [1.82, 2.24) is 4.90 Å². The molecule has 146 valence electrons. The molecular weight excluding hydrogens is 380 g/mol. The minimum atomic E-state index is -3.65. The van der Waals surface area contributed by atoms with Crippen LogP contribution in [0.4, 0.5) is 0 Å². The van der Waals surface area contributed by atoms with Crippen molar-refractivity contribution in [2.24, 2.45) is 0 Å². The Balaban J connectivity index is 1.85. The SMILES string of the molecule is O=P(O)(CN(CP(=O)(O)c1ccccc1)C1CCCCC1)c1ccccc1. The average Bonchev–Trinajstić information content (AvgIpc) is 2.69. The quantitative estimate of drug-likeness (QED) is 0.684. The van der Waals surface area contributed by atoms with Crippen LogP contribution in [0.3, 0.4) is 0 Å². The van der Waals surface area contributed by atoms with E-state index >= 15 is 0 Å². The fourth-order valence-corrected chi connectivity index (χ4v) is 7.11. The summed E-state index contributed by atoms with van der Waals surface area (Å²) in [7, 11) is -7.30. The Hall–Kier alpha value is -1.22. The van der Waals surface area contributed by atoms with Gasteiger partial charge in [0.1, 0.15) is 0 Å². The van der Waals surface area contributed by atoms with Crippen molar-refractivity contribution in [2.75, 3.05) is 12.6 Å². The van der Waals surface area contributed by atoms with Gasteiger partial charge in [-0.15, -0.1) is 0 Å². The number of benzene rings is 2. The van der Waals surface area contributed by atoms with E-state index < -0.39 is 14.7 Å². The number of hydrogen-bond acceptors (Lipinski definition) is 3. The van der Waals surface area contributed by atoms with Crippen LogP contribution in [0.5, 0.6) is 0 Å². The Morgan fingerprint density at radius 1 is 0.741 bits per heavy atom. The van der Waals surface area contributed by atoms with E-state index in [4.69, 9.17) is 0 Å². The number of rotatable bonds is 7. The second-order valence-electron chi connectivity index (χ2n) is 7.24. The van der Waals surface area contributed by atoms with Gasteiger partial charge >= 0.3 is 0 Å². The first-order valence-corrected chi connectivity index (χ1v) is 13.1. The second kappa shape index (κ2) is 8.86. The molecule has 2 atom stereocenters. The summed E-state index contributed by atoms with van der Waals surface area (Å²) in [5.74, 6) is 0. The van der Waals surface area contributed by atoms with Gasteiger partial charge in [-0.05, 0) is 37.1 Å². The maximum atomic E-state index is 13.0. The van der Waals surface area contributed by atoms with Gasteiger partial charge in [0, 0.05) is 16.7 Å². The Bertz CT molecular complexity index is 761. The van der Waals surface area contributed by atoms with Crippen molar-refractivity contribution in [3.63, 3.8) is 0 Å². The Kier molecular flexibility index (Phi) is 6.73. The average molecular weight is 407 g/mol. The highest BCUT2D eigenvalue weighted by molar-refractivity contribution is 7.67. The first-order chi connectivity index (χ1) is 12.9. The fraction of sp³-hybridized carbons (Fsp3) is 0.400. The summed E-state index contributed by atoms with van der Waals surface area (Å²) < 4.78 is 26.1. The molecule has 1 fully saturated rings. The van der Waals surface area contributed by atoms with Crippen molar-refractivity contribution in [3.05, 3.63) is 60.7 Å². The summed E-state index contributed by atoms with van der Waals surface area (Å²) in [6.07, 6.45) is 4.83. The van der Waals surface area contributed by atoms with Crippen LogP contribution >= 0.6 is 14.7 Å². The van der Waals surface area contributed by atoms with Gasteiger partial charge in [-0.2, -0.15) is 0 Å². The lowest BCUT2D eigenvalue weighted by molar-refractivity contribution is 0.197. The molecular formula is C20H27NO4P2. The molecule has 2 unspecified atom stereocenters. The van der Waals surface area contributed by atoms with Crippen LogP contribution in [-0.4, -0.2) is 33.3 Å². The monoisotopic (exact) mass is 407 g/mol. The van der Waals surface area contributed by atoms with Gasteiger partial charge in [0.05, 0.1) is 12.6 Å². The van der Waals surface area contributed by atoms with Crippen LogP contribution in [-0.2, 0) is 9.13 Å². The predicted molar refractivity (Wildman–Crippen MR) is 110 cm³/mol. The van der Waals surface area contributed by atoms with E-state index in [-0.39, 0.29) is 18.6 Å². The van der Waals surface area contributed by atoms with Gasteiger partial charge in [-0.1, -0.05) is 55.7 Å². The highest BCUT2D eigenvalue weighted by Gasteiger charge is 2.34. The van der Waals surface area contributed by atoms with Gasteiger partial charge < -0.3 is 9.79 Å². The molecule has 1 saturated carbocycles. The number of hydrogen-bond donors (Lipinski definition) is 2. The molecule has 0 aliphatic heterocycles. The van der Waals surface area contributed by atoms with Crippen molar-refractivity contribution < 1.29 is 18.9 Å². The third-order valence-electron chi connectivity index (χ3n) is 5.16. The molecule has 0 heterocycles.